The second-order valence-electron chi connectivity index (χ2n) is 12.8. The molecular weight excluding hydrogens is 517 g/mol. The Labute approximate surface area is 245 Å². The summed E-state index contributed by atoms with van der Waals surface area (Å²) in [4.78, 5) is 0. The van der Waals surface area contributed by atoms with Gasteiger partial charge in [0.05, 0.1) is 35.3 Å². The maximum absolute atomic E-state index is 7.25. The maximum atomic E-state index is 7.25. The van der Waals surface area contributed by atoms with Crippen molar-refractivity contribution in [2.24, 2.45) is 11.8 Å². The highest BCUT2D eigenvalue weighted by atomic mass is 28.4. The summed E-state index contributed by atoms with van der Waals surface area (Å²) >= 11 is 0. The van der Waals surface area contributed by atoms with Crippen LogP contribution in [0.15, 0.2) is 11.8 Å². The summed E-state index contributed by atoms with van der Waals surface area (Å²) in [5, 5.41) is 0. The van der Waals surface area contributed by atoms with E-state index < -0.39 is 16.6 Å². The summed E-state index contributed by atoms with van der Waals surface area (Å²) in [6.45, 7) is 27.7. The largest absolute Gasteiger partial charge is 0.546 e. The first-order chi connectivity index (χ1) is 18.5. The summed E-state index contributed by atoms with van der Waals surface area (Å²) in [7, 11) is -3.48. The third-order valence-electron chi connectivity index (χ3n) is 11.4. The van der Waals surface area contributed by atoms with Crippen molar-refractivity contribution in [3.05, 3.63) is 11.8 Å². The third-order valence-corrected chi connectivity index (χ3v) is 20.7. The Hall–Kier alpha value is -0.146. The number of hydrogen-bond acceptors (Lipinski definition) is 4. The Morgan fingerprint density at radius 3 is 1.85 bits per heavy atom. The van der Waals surface area contributed by atoms with E-state index in [1.54, 1.807) is 0 Å². The molecule has 4 nitrogen and oxygen atoms in total. The topological polar surface area (TPSA) is 36.9 Å². The SMILES string of the molecule is C/C=C(\O[Si](CC)(CC)CC)[C@H](CC)[C@H]1O[C@](CC)([C@H]2CC[C@@](CC)(O[Si](CC)(CC)CC)[C@H](C)O2)C[C@@H]1C. The molecule has 2 rings (SSSR count). The van der Waals surface area contributed by atoms with Crippen LogP contribution in [0.3, 0.4) is 0 Å². The number of rotatable bonds is 16. The average molecular weight is 583 g/mol. The minimum Gasteiger partial charge on any atom is -0.546 e. The van der Waals surface area contributed by atoms with E-state index in [4.69, 9.17) is 18.3 Å². The van der Waals surface area contributed by atoms with Crippen molar-refractivity contribution in [2.75, 3.05) is 0 Å². The molecule has 0 N–H and O–H groups in total. The van der Waals surface area contributed by atoms with E-state index in [0.717, 1.165) is 38.5 Å². The molecule has 0 radical (unpaired) electrons. The van der Waals surface area contributed by atoms with Crippen molar-refractivity contribution < 1.29 is 18.3 Å². The first-order valence-electron chi connectivity index (χ1n) is 16.9. The lowest BCUT2D eigenvalue weighted by Gasteiger charge is -2.52. The zero-order valence-electron chi connectivity index (χ0n) is 28.1. The number of ether oxygens (including phenoxy) is 2. The molecule has 0 aromatic heterocycles. The second kappa shape index (κ2) is 14.8. The Morgan fingerprint density at radius 1 is 0.872 bits per heavy atom. The number of hydrogen-bond donors (Lipinski definition) is 0. The lowest BCUT2D eigenvalue weighted by Crippen LogP contribution is -2.60. The predicted octanol–water partition coefficient (Wildman–Crippen LogP) is 10.3. The van der Waals surface area contributed by atoms with Crippen molar-refractivity contribution in [2.45, 2.75) is 187 Å². The molecule has 2 saturated heterocycles. The van der Waals surface area contributed by atoms with Crippen molar-refractivity contribution >= 4 is 16.6 Å². The van der Waals surface area contributed by atoms with Gasteiger partial charge in [-0.3, -0.25) is 0 Å². The van der Waals surface area contributed by atoms with E-state index in [1.807, 2.05) is 0 Å². The molecule has 2 fully saturated rings. The van der Waals surface area contributed by atoms with Crippen molar-refractivity contribution in [1.82, 2.24) is 0 Å². The second-order valence-corrected chi connectivity index (χ2v) is 22.2. The zero-order valence-corrected chi connectivity index (χ0v) is 30.1. The fraction of sp³-hybridized carbons (Fsp3) is 0.939. The van der Waals surface area contributed by atoms with Crippen LogP contribution in [0.2, 0.25) is 36.3 Å². The van der Waals surface area contributed by atoms with Crippen LogP contribution in [-0.4, -0.2) is 46.1 Å². The first kappa shape index (κ1) is 35.1. The van der Waals surface area contributed by atoms with E-state index in [0.29, 0.717) is 11.8 Å². The van der Waals surface area contributed by atoms with E-state index in [-0.39, 0.29) is 29.5 Å². The molecule has 0 aromatic carbocycles. The fourth-order valence-corrected chi connectivity index (χ4v) is 13.8. The fourth-order valence-electron chi connectivity index (χ4n) is 7.87. The van der Waals surface area contributed by atoms with Crippen LogP contribution >= 0.6 is 0 Å². The van der Waals surface area contributed by atoms with Gasteiger partial charge in [-0.1, -0.05) is 75.3 Å². The normalized spacial score (nSPS) is 33.4. The Kier molecular flexibility index (Phi) is 13.3. The van der Waals surface area contributed by atoms with Crippen LogP contribution in [0.25, 0.3) is 0 Å². The molecule has 2 aliphatic rings. The molecule has 0 bridgehead atoms. The predicted molar refractivity (Wildman–Crippen MR) is 172 cm³/mol. The third kappa shape index (κ3) is 7.09. The van der Waals surface area contributed by atoms with Crippen molar-refractivity contribution in [3.8, 4) is 0 Å². The summed E-state index contributed by atoms with van der Waals surface area (Å²) in [5.74, 6) is 1.97. The van der Waals surface area contributed by atoms with Crippen LogP contribution in [0.4, 0.5) is 0 Å². The minimum absolute atomic E-state index is 0.0841. The summed E-state index contributed by atoms with van der Waals surface area (Å²) in [5.41, 5.74) is -0.385. The molecule has 2 aliphatic heterocycles. The van der Waals surface area contributed by atoms with Gasteiger partial charge in [0.25, 0.3) is 0 Å². The van der Waals surface area contributed by atoms with Crippen LogP contribution in [0, 0.1) is 11.8 Å². The van der Waals surface area contributed by atoms with Gasteiger partial charge in [0.2, 0.25) is 8.32 Å². The van der Waals surface area contributed by atoms with Crippen LogP contribution in [-0.2, 0) is 18.3 Å². The van der Waals surface area contributed by atoms with Crippen LogP contribution in [0.5, 0.6) is 0 Å². The van der Waals surface area contributed by atoms with Gasteiger partial charge >= 0.3 is 0 Å². The lowest BCUT2D eigenvalue weighted by atomic mass is 9.77. The Balaban J connectivity index is 2.28. The summed E-state index contributed by atoms with van der Waals surface area (Å²) in [6, 6.07) is 7.06. The molecule has 0 aromatic rings. The molecule has 0 saturated carbocycles. The van der Waals surface area contributed by atoms with Gasteiger partial charge in [-0.05, 0) is 94.6 Å². The van der Waals surface area contributed by atoms with E-state index in [1.165, 1.54) is 42.0 Å². The van der Waals surface area contributed by atoms with Crippen molar-refractivity contribution in [3.63, 3.8) is 0 Å². The average Bonchev–Trinajstić information content (AvgIpc) is 3.32. The highest BCUT2D eigenvalue weighted by Gasteiger charge is 2.56. The van der Waals surface area contributed by atoms with Gasteiger partial charge in [0.1, 0.15) is 0 Å². The van der Waals surface area contributed by atoms with E-state index in [9.17, 15) is 0 Å². The molecule has 0 aliphatic carbocycles. The Bertz CT molecular complexity index is 748. The van der Waals surface area contributed by atoms with Crippen LogP contribution in [0.1, 0.15) is 122 Å². The molecule has 0 amide bonds. The summed E-state index contributed by atoms with van der Waals surface area (Å²) < 4.78 is 28.5. The highest BCUT2D eigenvalue weighted by Crippen LogP contribution is 2.50. The van der Waals surface area contributed by atoms with E-state index >= 15 is 0 Å². The maximum Gasteiger partial charge on any atom is 0.250 e. The molecule has 6 heteroatoms. The molecule has 7 atom stereocenters. The molecule has 39 heavy (non-hydrogen) atoms. The lowest BCUT2D eigenvalue weighted by molar-refractivity contribution is -0.225. The molecule has 2 heterocycles. The number of allylic oxidation sites excluding steroid dienone is 1. The quantitative estimate of drug-likeness (QED) is 0.134. The first-order valence-corrected chi connectivity index (χ1v) is 22.0. The van der Waals surface area contributed by atoms with Gasteiger partial charge in [-0.15, -0.1) is 0 Å². The Morgan fingerprint density at radius 2 is 1.44 bits per heavy atom. The zero-order chi connectivity index (χ0) is 29.5. The monoisotopic (exact) mass is 582 g/mol. The standard InChI is InChI=1S/C33H66O4Si2/c1-13-28(29(14-2)36-38(17-5,18-6)19-7)31-26(11)25-33(16-4,35-31)30-23-24-32(15-3,27(12)34-30)37-39(20-8,21-9)22-10/h14,26-28,30-31H,13,15-25H2,1-12H3/b29-14-/t26-,27-,28-,30+,31-,32+,33-/m0/s1. The van der Waals surface area contributed by atoms with Gasteiger partial charge < -0.3 is 18.3 Å². The van der Waals surface area contributed by atoms with Gasteiger partial charge in [0.15, 0.2) is 8.32 Å². The minimum atomic E-state index is -1.75. The molecule has 230 valence electrons. The van der Waals surface area contributed by atoms with Gasteiger partial charge in [0, 0.05) is 5.92 Å². The van der Waals surface area contributed by atoms with Gasteiger partial charge in [-0.25, -0.2) is 0 Å². The smallest absolute Gasteiger partial charge is 0.250 e. The van der Waals surface area contributed by atoms with E-state index in [2.05, 4.69) is 89.2 Å². The molecule has 0 spiro atoms. The molecular formula is C33H66O4Si2. The van der Waals surface area contributed by atoms with Crippen molar-refractivity contribution in [1.29, 1.82) is 0 Å². The summed E-state index contributed by atoms with van der Waals surface area (Å²) in [6.07, 6.45) is 8.84. The highest BCUT2D eigenvalue weighted by molar-refractivity contribution is 6.74. The van der Waals surface area contributed by atoms with Gasteiger partial charge in [-0.2, -0.15) is 0 Å². The molecule has 0 unspecified atom stereocenters. The van der Waals surface area contributed by atoms with Crippen LogP contribution < -0.4 is 0 Å².